The van der Waals surface area contributed by atoms with E-state index in [9.17, 15) is 9.59 Å². The molecule has 3 aliphatic heterocycles. The number of hydrogen-bond donors (Lipinski definition) is 1. The van der Waals surface area contributed by atoms with Crippen LogP contribution in [0.2, 0.25) is 0 Å². The summed E-state index contributed by atoms with van der Waals surface area (Å²) in [6, 6.07) is 3.12. The van der Waals surface area contributed by atoms with Crippen LogP contribution in [0.15, 0.2) is 12.1 Å². The van der Waals surface area contributed by atoms with Gasteiger partial charge in [-0.3, -0.25) is 4.79 Å². The molecule has 106 valence electrons. The largest absolute Gasteiger partial charge is 0.477 e. The topological polar surface area (TPSA) is 66.8 Å². The lowest BCUT2D eigenvalue weighted by molar-refractivity contribution is 0.0596. The van der Waals surface area contributed by atoms with Crippen molar-refractivity contribution >= 4 is 23.2 Å². The van der Waals surface area contributed by atoms with Gasteiger partial charge in [-0.05, 0) is 25.0 Å². The number of carbonyl (C=O) groups is 2. The average Bonchev–Trinajstić information content (AvgIpc) is 3.17. The molecule has 3 aliphatic rings. The number of thiophene rings is 1. The first kappa shape index (κ1) is 12.3. The Labute approximate surface area is 120 Å². The molecule has 1 N–H and O–H groups in total. The third kappa shape index (κ3) is 1.71. The van der Waals surface area contributed by atoms with E-state index in [1.54, 1.807) is 6.07 Å². The molecule has 20 heavy (non-hydrogen) atoms. The summed E-state index contributed by atoms with van der Waals surface area (Å²) < 4.78 is 5.90. The van der Waals surface area contributed by atoms with Gasteiger partial charge in [0.05, 0.1) is 17.1 Å². The Bertz CT molecular complexity index is 565. The van der Waals surface area contributed by atoms with Crippen molar-refractivity contribution in [3.05, 3.63) is 21.9 Å². The van der Waals surface area contributed by atoms with E-state index >= 15 is 0 Å². The SMILES string of the molecule is O=C(O)c1ccc(C(=O)N2CC3C4CCC(O4)C3C2)s1. The Morgan fingerprint density at radius 2 is 1.75 bits per heavy atom. The van der Waals surface area contributed by atoms with Crippen LogP contribution in [0.5, 0.6) is 0 Å². The average molecular weight is 293 g/mol. The molecule has 6 heteroatoms. The van der Waals surface area contributed by atoms with Crippen LogP contribution in [0.1, 0.15) is 32.2 Å². The van der Waals surface area contributed by atoms with E-state index < -0.39 is 5.97 Å². The molecule has 5 nitrogen and oxygen atoms in total. The Balaban J connectivity index is 1.51. The number of rotatable bonds is 2. The molecule has 1 aromatic heterocycles. The number of amides is 1. The van der Waals surface area contributed by atoms with E-state index in [1.165, 1.54) is 6.07 Å². The first-order valence-corrected chi connectivity index (χ1v) is 7.73. The molecule has 2 bridgehead atoms. The summed E-state index contributed by atoms with van der Waals surface area (Å²) in [6.07, 6.45) is 2.91. The van der Waals surface area contributed by atoms with Gasteiger partial charge in [-0.2, -0.15) is 0 Å². The van der Waals surface area contributed by atoms with Gasteiger partial charge in [-0.25, -0.2) is 4.79 Å². The molecule has 0 aliphatic carbocycles. The Morgan fingerprint density at radius 3 is 2.30 bits per heavy atom. The van der Waals surface area contributed by atoms with Gasteiger partial charge in [0, 0.05) is 24.9 Å². The highest BCUT2D eigenvalue weighted by Crippen LogP contribution is 2.47. The summed E-state index contributed by atoms with van der Waals surface area (Å²) in [5.74, 6) is -0.0386. The van der Waals surface area contributed by atoms with Gasteiger partial charge in [0.2, 0.25) is 0 Å². The molecule has 0 saturated carbocycles. The van der Waals surface area contributed by atoms with Crippen LogP contribution in [-0.4, -0.2) is 47.2 Å². The summed E-state index contributed by atoms with van der Waals surface area (Å²) in [5, 5.41) is 8.92. The minimum atomic E-state index is -0.973. The Morgan fingerprint density at radius 1 is 1.15 bits per heavy atom. The van der Waals surface area contributed by atoms with Crippen molar-refractivity contribution < 1.29 is 19.4 Å². The van der Waals surface area contributed by atoms with E-state index in [2.05, 4.69) is 0 Å². The van der Waals surface area contributed by atoms with Crippen LogP contribution in [0.4, 0.5) is 0 Å². The number of carboxylic acid groups (broad SMARTS) is 1. The molecule has 4 rings (SSSR count). The standard InChI is InChI=1S/C14H15NO4S/c16-13(11-3-4-12(20-11)14(17)18)15-5-7-8(6-15)10-2-1-9(7)19-10/h3-4,7-10H,1-2,5-6H2,(H,17,18). The van der Waals surface area contributed by atoms with Crippen molar-refractivity contribution in [2.45, 2.75) is 25.0 Å². The lowest BCUT2D eigenvalue weighted by Crippen LogP contribution is -2.30. The zero-order valence-electron chi connectivity index (χ0n) is 10.8. The van der Waals surface area contributed by atoms with Gasteiger partial charge in [0.1, 0.15) is 4.88 Å². The Hall–Kier alpha value is -1.40. The van der Waals surface area contributed by atoms with Gasteiger partial charge < -0.3 is 14.7 Å². The van der Waals surface area contributed by atoms with E-state index in [-0.39, 0.29) is 10.8 Å². The molecule has 3 fully saturated rings. The molecule has 0 aromatic carbocycles. The van der Waals surface area contributed by atoms with Crippen LogP contribution >= 0.6 is 11.3 Å². The van der Waals surface area contributed by atoms with Gasteiger partial charge >= 0.3 is 5.97 Å². The zero-order valence-corrected chi connectivity index (χ0v) is 11.6. The normalized spacial score (nSPS) is 34.5. The summed E-state index contributed by atoms with van der Waals surface area (Å²) in [4.78, 5) is 25.9. The lowest BCUT2D eigenvalue weighted by Gasteiger charge is -2.17. The summed E-state index contributed by atoms with van der Waals surface area (Å²) in [5.41, 5.74) is 0. The summed E-state index contributed by atoms with van der Waals surface area (Å²) in [7, 11) is 0. The first-order chi connectivity index (χ1) is 9.63. The maximum atomic E-state index is 12.5. The fourth-order valence-corrected chi connectivity index (χ4v) is 4.66. The molecular formula is C14H15NO4S. The highest BCUT2D eigenvalue weighted by atomic mass is 32.1. The number of carboxylic acids is 1. The summed E-state index contributed by atoms with van der Waals surface area (Å²) in [6.45, 7) is 1.51. The maximum Gasteiger partial charge on any atom is 0.345 e. The molecule has 4 heterocycles. The number of fused-ring (bicyclic) bond motifs is 5. The van der Waals surface area contributed by atoms with Crippen molar-refractivity contribution in [1.29, 1.82) is 0 Å². The Kier molecular flexibility index (Phi) is 2.65. The fourth-order valence-electron chi connectivity index (χ4n) is 3.85. The number of ether oxygens (including phenoxy) is 1. The number of likely N-dealkylation sites (tertiary alicyclic amines) is 1. The number of nitrogens with zero attached hydrogens (tertiary/aromatic N) is 1. The highest BCUT2D eigenvalue weighted by molar-refractivity contribution is 7.15. The van der Waals surface area contributed by atoms with Gasteiger partial charge in [-0.1, -0.05) is 0 Å². The summed E-state index contributed by atoms with van der Waals surface area (Å²) >= 11 is 1.06. The lowest BCUT2D eigenvalue weighted by atomic mass is 9.82. The zero-order chi connectivity index (χ0) is 13.9. The van der Waals surface area contributed by atoms with E-state index in [4.69, 9.17) is 9.84 Å². The second-order valence-corrected chi connectivity index (χ2v) is 6.88. The molecule has 1 aromatic rings. The third-order valence-electron chi connectivity index (χ3n) is 4.77. The molecule has 0 spiro atoms. The first-order valence-electron chi connectivity index (χ1n) is 6.91. The molecule has 1 amide bonds. The molecule has 4 atom stereocenters. The minimum Gasteiger partial charge on any atom is -0.477 e. The predicted molar refractivity (Wildman–Crippen MR) is 72.1 cm³/mol. The van der Waals surface area contributed by atoms with Crippen molar-refractivity contribution in [1.82, 2.24) is 4.90 Å². The predicted octanol–water partition coefficient (Wildman–Crippen LogP) is 1.70. The number of hydrogen-bond acceptors (Lipinski definition) is 4. The molecule has 3 saturated heterocycles. The van der Waals surface area contributed by atoms with E-state index in [0.717, 1.165) is 37.3 Å². The third-order valence-corrected chi connectivity index (χ3v) is 5.83. The van der Waals surface area contributed by atoms with Crippen LogP contribution in [-0.2, 0) is 4.74 Å². The van der Waals surface area contributed by atoms with Crippen molar-refractivity contribution in [2.75, 3.05) is 13.1 Å². The molecular weight excluding hydrogens is 278 g/mol. The number of carbonyl (C=O) groups excluding carboxylic acids is 1. The smallest absolute Gasteiger partial charge is 0.345 e. The second kappa shape index (κ2) is 4.30. The second-order valence-electron chi connectivity index (χ2n) is 5.80. The molecule has 4 unspecified atom stereocenters. The van der Waals surface area contributed by atoms with Crippen LogP contribution in [0, 0.1) is 11.8 Å². The minimum absolute atomic E-state index is 0.0312. The monoisotopic (exact) mass is 293 g/mol. The van der Waals surface area contributed by atoms with E-state index in [0.29, 0.717) is 28.9 Å². The van der Waals surface area contributed by atoms with E-state index in [1.807, 2.05) is 4.90 Å². The van der Waals surface area contributed by atoms with Crippen molar-refractivity contribution in [2.24, 2.45) is 11.8 Å². The van der Waals surface area contributed by atoms with Gasteiger partial charge in [0.15, 0.2) is 0 Å². The van der Waals surface area contributed by atoms with Crippen molar-refractivity contribution in [3.63, 3.8) is 0 Å². The maximum absolute atomic E-state index is 12.5. The van der Waals surface area contributed by atoms with Gasteiger partial charge in [0.25, 0.3) is 5.91 Å². The number of aromatic carboxylic acids is 1. The molecule has 0 radical (unpaired) electrons. The quantitative estimate of drug-likeness (QED) is 0.901. The van der Waals surface area contributed by atoms with Crippen LogP contribution < -0.4 is 0 Å². The van der Waals surface area contributed by atoms with Crippen LogP contribution in [0.3, 0.4) is 0 Å². The fraction of sp³-hybridized carbons (Fsp3) is 0.571. The van der Waals surface area contributed by atoms with Crippen molar-refractivity contribution in [3.8, 4) is 0 Å². The van der Waals surface area contributed by atoms with Crippen LogP contribution in [0.25, 0.3) is 0 Å². The highest BCUT2D eigenvalue weighted by Gasteiger charge is 2.53. The van der Waals surface area contributed by atoms with Gasteiger partial charge in [-0.15, -0.1) is 11.3 Å².